The molecule has 1 unspecified atom stereocenters. The lowest BCUT2D eigenvalue weighted by molar-refractivity contribution is -0.140. The second-order valence-electron chi connectivity index (χ2n) is 8.10. The smallest absolute Gasteiger partial charge is 0.352 e. The van der Waals surface area contributed by atoms with Crippen molar-refractivity contribution in [3.05, 3.63) is 35.4 Å². The summed E-state index contributed by atoms with van der Waals surface area (Å²) in [5, 5.41) is 5.21. The van der Waals surface area contributed by atoms with E-state index >= 15 is 0 Å². The molecule has 2 N–H and O–H groups in total. The average Bonchev–Trinajstić information content (AvgIpc) is 2.87. The van der Waals surface area contributed by atoms with Gasteiger partial charge in [0, 0.05) is 6.04 Å². The molecule has 3 rings (SSSR count). The molecule has 164 valence electrons. The maximum Gasteiger partial charge on any atom is 0.416 e. The van der Waals surface area contributed by atoms with Crippen molar-refractivity contribution in [3.63, 3.8) is 0 Å². The first kappa shape index (κ1) is 22.1. The molecule has 1 aromatic rings. The Bertz CT molecular complexity index is 819. The Balaban J connectivity index is 1.74. The van der Waals surface area contributed by atoms with E-state index in [4.69, 9.17) is 0 Å². The molecule has 2 aliphatic rings. The molecule has 0 aromatic heterocycles. The lowest BCUT2D eigenvalue weighted by atomic mass is 9.87. The number of hydrogen-bond acceptors (Lipinski definition) is 3. The number of rotatable bonds is 4. The van der Waals surface area contributed by atoms with Gasteiger partial charge in [0.15, 0.2) is 0 Å². The van der Waals surface area contributed by atoms with E-state index < -0.39 is 41.7 Å². The Kier molecular flexibility index (Phi) is 6.38. The van der Waals surface area contributed by atoms with Crippen LogP contribution in [-0.2, 0) is 21.3 Å². The van der Waals surface area contributed by atoms with Crippen LogP contribution in [0.3, 0.4) is 0 Å². The first-order valence-corrected chi connectivity index (χ1v) is 10.2. The number of imide groups is 1. The van der Waals surface area contributed by atoms with Crippen LogP contribution in [0.5, 0.6) is 0 Å². The summed E-state index contributed by atoms with van der Waals surface area (Å²) in [4.78, 5) is 38.5. The second kappa shape index (κ2) is 8.65. The largest absolute Gasteiger partial charge is 0.416 e. The highest BCUT2D eigenvalue weighted by molar-refractivity contribution is 6.09. The van der Waals surface area contributed by atoms with Gasteiger partial charge in [-0.3, -0.25) is 14.5 Å². The molecule has 1 saturated carbocycles. The molecule has 1 aliphatic heterocycles. The minimum absolute atomic E-state index is 0.0177. The van der Waals surface area contributed by atoms with Crippen molar-refractivity contribution in [2.45, 2.75) is 69.6 Å². The van der Waals surface area contributed by atoms with E-state index in [1.54, 1.807) is 0 Å². The van der Waals surface area contributed by atoms with E-state index in [2.05, 4.69) is 10.6 Å². The number of halogens is 3. The molecular weight excluding hydrogens is 399 g/mol. The number of benzene rings is 1. The maximum absolute atomic E-state index is 13.4. The number of alkyl halides is 3. The van der Waals surface area contributed by atoms with Gasteiger partial charge in [0.05, 0.1) is 5.56 Å². The summed E-state index contributed by atoms with van der Waals surface area (Å²) in [6.45, 7) is 0.704. The van der Waals surface area contributed by atoms with Gasteiger partial charge in [-0.05, 0) is 31.4 Å². The molecule has 2 fully saturated rings. The van der Waals surface area contributed by atoms with Crippen LogP contribution in [0.25, 0.3) is 0 Å². The molecule has 30 heavy (non-hydrogen) atoms. The van der Waals surface area contributed by atoms with Crippen LogP contribution in [0.1, 0.15) is 63.0 Å². The zero-order valence-corrected chi connectivity index (χ0v) is 16.8. The van der Waals surface area contributed by atoms with Gasteiger partial charge in [-0.15, -0.1) is 0 Å². The fourth-order valence-corrected chi connectivity index (χ4v) is 4.21. The Morgan fingerprint density at radius 2 is 1.73 bits per heavy atom. The molecule has 1 aliphatic carbocycles. The van der Waals surface area contributed by atoms with Crippen molar-refractivity contribution < 1.29 is 27.6 Å². The molecule has 4 amide bonds. The molecular formula is C21H26F3N3O3. The lowest BCUT2D eigenvalue weighted by Crippen LogP contribution is -2.46. The summed E-state index contributed by atoms with van der Waals surface area (Å²) in [5.41, 5.74) is -3.25. The van der Waals surface area contributed by atoms with Crippen LogP contribution in [0.4, 0.5) is 18.0 Å². The molecule has 1 atom stereocenters. The molecule has 0 spiro atoms. The zero-order valence-electron chi connectivity index (χ0n) is 16.8. The standard InChI is InChI=1S/C21H26F3N3O3/c1-20(15-11-7-8-12-16(15)21(22,23)24)18(29)27(19(30)26-20)13-17(28)25-14-9-5-3-2-4-6-10-14/h7-8,11-12,14H,2-6,9-10,13H2,1H3,(H,25,28)(H,26,30). The summed E-state index contributed by atoms with van der Waals surface area (Å²) in [5.74, 6) is -1.37. The van der Waals surface area contributed by atoms with Gasteiger partial charge in [-0.1, -0.05) is 50.3 Å². The second-order valence-corrected chi connectivity index (χ2v) is 8.10. The first-order chi connectivity index (χ1) is 14.1. The summed E-state index contributed by atoms with van der Waals surface area (Å²) in [7, 11) is 0. The highest BCUT2D eigenvalue weighted by atomic mass is 19.4. The van der Waals surface area contributed by atoms with Crippen LogP contribution in [0.2, 0.25) is 0 Å². The minimum atomic E-state index is -4.69. The third kappa shape index (κ3) is 4.60. The monoisotopic (exact) mass is 425 g/mol. The fraction of sp³-hybridized carbons (Fsp3) is 0.571. The predicted octanol–water partition coefficient (Wildman–Crippen LogP) is 3.70. The quantitative estimate of drug-likeness (QED) is 0.722. The SMILES string of the molecule is CC1(c2ccccc2C(F)(F)F)NC(=O)N(CC(=O)NC2CCCCCCC2)C1=O. The molecule has 0 radical (unpaired) electrons. The summed E-state index contributed by atoms with van der Waals surface area (Å²) in [6.07, 6.45) is 2.38. The van der Waals surface area contributed by atoms with Crippen LogP contribution >= 0.6 is 0 Å². The third-order valence-electron chi connectivity index (χ3n) is 5.82. The van der Waals surface area contributed by atoms with Gasteiger partial charge in [-0.25, -0.2) is 4.79 Å². The van der Waals surface area contributed by atoms with Gasteiger partial charge in [0.25, 0.3) is 5.91 Å². The number of nitrogens with zero attached hydrogens (tertiary/aromatic N) is 1. The third-order valence-corrected chi connectivity index (χ3v) is 5.82. The maximum atomic E-state index is 13.4. The van der Waals surface area contributed by atoms with E-state index in [-0.39, 0.29) is 11.6 Å². The fourth-order valence-electron chi connectivity index (χ4n) is 4.21. The number of hydrogen-bond donors (Lipinski definition) is 2. The number of urea groups is 1. The molecule has 0 bridgehead atoms. The molecule has 1 saturated heterocycles. The lowest BCUT2D eigenvalue weighted by Gasteiger charge is -2.26. The van der Waals surface area contributed by atoms with E-state index in [1.165, 1.54) is 31.5 Å². The van der Waals surface area contributed by atoms with Crippen molar-refractivity contribution >= 4 is 17.8 Å². The Labute approximate surface area is 173 Å². The summed E-state index contributed by atoms with van der Waals surface area (Å²) < 4.78 is 40.3. The number of carbonyl (C=O) groups is 3. The van der Waals surface area contributed by atoms with Crippen LogP contribution < -0.4 is 10.6 Å². The number of carbonyl (C=O) groups excluding carboxylic acids is 3. The Hall–Kier alpha value is -2.58. The highest BCUT2D eigenvalue weighted by Crippen LogP contribution is 2.39. The van der Waals surface area contributed by atoms with E-state index in [1.807, 2.05) is 0 Å². The number of nitrogens with one attached hydrogen (secondary N) is 2. The van der Waals surface area contributed by atoms with Crippen LogP contribution in [0, 0.1) is 0 Å². The van der Waals surface area contributed by atoms with Gasteiger partial charge in [-0.2, -0.15) is 13.2 Å². The van der Waals surface area contributed by atoms with Crippen LogP contribution in [-0.4, -0.2) is 35.3 Å². The van der Waals surface area contributed by atoms with Crippen molar-refractivity contribution in [1.82, 2.24) is 15.5 Å². The van der Waals surface area contributed by atoms with E-state index in [0.29, 0.717) is 4.90 Å². The summed E-state index contributed by atoms with van der Waals surface area (Å²) in [6, 6.07) is 3.72. The highest BCUT2D eigenvalue weighted by Gasteiger charge is 2.52. The Morgan fingerprint density at radius 3 is 2.37 bits per heavy atom. The molecule has 1 aromatic carbocycles. The minimum Gasteiger partial charge on any atom is -0.352 e. The molecule has 9 heteroatoms. The van der Waals surface area contributed by atoms with Crippen molar-refractivity contribution in [2.75, 3.05) is 6.54 Å². The van der Waals surface area contributed by atoms with Gasteiger partial charge < -0.3 is 10.6 Å². The first-order valence-electron chi connectivity index (χ1n) is 10.2. The topological polar surface area (TPSA) is 78.5 Å². The van der Waals surface area contributed by atoms with Crippen molar-refractivity contribution in [1.29, 1.82) is 0 Å². The van der Waals surface area contributed by atoms with Crippen molar-refractivity contribution in [3.8, 4) is 0 Å². The van der Waals surface area contributed by atoms with Gasteiger partial charge >= 0.3 is 12.2 Å². The van der Waals surface area contributed by atoms with Crippen molar-refractivity contribution in [2.24, 2.45) is 0 Å². The van der Waals surface area contributed by atoms with Crippen LogP contribution in [0.15, 0.2) is 24.3 Å². The molecule has 1 heterocycles. The van der Waals surface area contributed by atoms with Gasteiger partial charge in [0.2, 0.25) is 5.91 Å². The normalized spacial score (nSPS) is 23.7. The van der Waals surface area contributed by atoms with E-state index in [0.717, 1.165) is 44.6 Å². The van der Waals surface area contributed by atoms with Gasteiger partial charge in [0.1, 0.15) is 12.1 Å². The average molecular weight is 425 g/mol. The zero-order chi connectivity index (χ0) is 21.9. The molecule has 6 nitrogen and oxygen atoms in total. The number of amides is 4. The Morgan fingerprint density at radius 1 is 1.13 bits per heavy atom. The van der Waals surface area contributed by atoms with E-state index in [9.17, 15) is 27.6 Å². The predicted molar refractivity (Wildman–Crippen MR) is 103 cm³/mol. The summed E-state index contributed by atoms with van der Waals surface area (Å²) >= 11 is 0.